The zero-order valence-corrected chi connectivity index (χ0v) is 8.68. The molecule has 0 unspecified atom stereocenters. The maximum absolute atomic E-state index is 3.56. The molecule has 1 N–H and O–H groups in total. The summed E-state index contributed by atoms with van der Waals surface area (Å²) in [6.07, 6.45) is 0. The molecule has 2 heteroatoms. The van der Waals surface area contributed by atoms with E-state index in [2.05, 4.69) is 54.3 Å². The first-order valence-electron chi connectivity index (χ1n) is 4.78. The summed E-state index contributed by atoms with van der Waals surface area (Å²) >= 11 is 2.06. The van der Waals surface area contributed by atoms with Gasteiger partial charge in [0.25, 0.3) is 0 Å². The molecule has 2 rings (SSSR count). The quantitative estimate of drug-likeness (QED) is 0.735. The van der Waals surface area contributed by atoms with Crippen molar-refractivity contribution >= 4 is 11.8 Å². The molecule has 1 aliphatic rings. The lowest BCUT2D eigenvalue weighted by Gasteiger charge is -2.29. The third kappa shape index (κ3) is 2.06. The molecule has 1 heterocycles. The monoisotopic (exact) mass is 193 g/mol. The second kappa shape index (κ2) is 4.16. The van der Waals surface area contributed by atoms with Crippen molar-refractivity contribution in [2.75, 3.05) is 12.3 Å². The van der Waals surface area contributed by atoms with Gasteiger partial charge in [0.1, 0.15) is 0 Å². The van der Waals surface area contributed by atoms with Crippen molar-refractivity contribution in [1.82, 2.24) is 5.32 Å². The Morgan fingerprint density at radius 2 is 2.08 bits per heavy atom. The predicted molar refractivity (Wildman–Crippen MR) is 59.1 cm³/mol. The van der Waals surface area contributed by atoms with Crippen LogP contribution in [0.25, 0.3) is 0 Å². The molecule has 1 fully saturated rings. The van der Waals surface area contributed by atoms with Gasteiger partial charge in [-0.1, -0.05) is 37.3 Å². The van der Waals surface area contributed by atoms with Crippen LogP contribution in [0.3, 0.4) is 0 Å². The molecule has 1 saturated heterocycles. The molecule has 2 atom stereocenters. The van der Waals surface area contributed by atoms with Crippen molar-refractivity contribution in [3.8, 4) is 0 Å². The maximum atomic E-state index is 3.56. The molecular weight excluding hydrogens is 178 g/mol. The fourth-order valence-electron chi connectivity index (χ4n) is 1.77. The topological polar surface area (TPSA) is 12.0 Å². The van der Waals surface area contributed by atoms with Gasteiger partial charge in [-0.3, -0.25) is 0 Å². The summed E-state index contributed by atoms with van der Waals surface area (Å²) in [5.74, 6) is 1.24. The van der Waals surface area contributed by atoms with Crippen LogP contribution < -0.4 is 5.32 Å². The molecule has 0 radical (unpaired) electrons. The highest BCUT2D eigenvalue weighted by Crippen LogP contribution is 2.28. The zero-order valence-electron chi connectivity index (χ0n) is 7.86. The first-order valence-corrected chi connectivity index (χ1v) is 5.83. The lowest BCUT2D eigenvalue weighted by molar-refractivity contribution is 0.535. The summed E-state index contributed by atoms with van der Waals surface area (Å²) in [6, 6.07) is 11.3. The van der Waals surface area contributed by atoms with E-state index in [1.165, 1.54) is 11.3 Å². The highest BCUT2D eigenvalue weighted by molar-refractivity contribution is 8.00. The minimum absolute atomic E-state index is 0.542. The van der Waals surface area contributed by atoms with E-state index in [9.17, 15) is 0 Å². The molecule has 70 valence electrons. The van der Waals surface area contributed by atoms with Crippen molar-refractivity contribution in [2.24, 2.45) is 0 Å². The minimum Gasteiger partial charge on any atom is -0.308 e. The highest BCUT2D eigenvalue weighted by atomic mass is 32.2. The molecule has 1 aliphatic heterocycles. The van der Waals surface area contributed by atoms with E-state index in [-0.39, 0.29) is 0 Å². The van der Waals surface area contributed by atoms with Crippen LogP contribution in [0.2, 0.25) is 0 Å². The van der Waals surface area contributed by atoms with Gasteiger partial charge in [0.2, 0.25) is 0 Å². The third-order valence-electron chi connectivity index (χ3n) is 2.48. The van der Waals surface area contributed by atoms with E-state index < -0.39 is 0 Å². The van der Waals surface area contributed by atoms with Crippen LogP contribution in [-0.2, 0) is 0 Å². The summed E-state index contributed by atoms with van der Waals surface area (Å²) < 4.78 is 0. The van der Waals surface area contributed by atoms with Crippen molar-refractivity contribution in [2.45, 2.75) is 18.2 Å². The Kier molecular flexibility index (Phi) is 2.91. The Bertz CT molecular complexity index is 260. The van der Waals surface area contributed by atoms with Crippen LogP contribution in [0.4, 0.5) is 0 Å². The minimum atomic E-state index is 0.542. The van der Waals surface area contributed by atoms with Crippen LogP contribution >= 0.6 is 11.8 Å². The number of benzene rings is 1. The fourth-order valence-corrected chi connectivity index (χ4v) is 2.82. The second-order valence-electron chi connectivity index (χ2n) is 3.42. The number of hydrogen-bond donors (Lipinski definition) is 1. The van der Waals surface area contributed by atoms with Gasteiger partial charge in [-0.05, 0) is 5.56 Å². The molecule has 0 aliphatic carbocycles. The van der Waals surface area contributed by atoms with E-state index in [4.69, 9.17) is 0 Å². The highest BCUT2D eigenvalue weighted by Gasteiger charge is 2.21. The lowest BCUT2D eigenvalue weighted by Crippen LogP contribution is -2.35. The van der Waals surface area contributed by atoms with Gasteiger partial charge in [0.15, 0.2) is 0 Å². The Balaban J connectivity index is 2.15. The molecule has 0 aromatic heterocycles. The number of rotatable bonds is 1. The van der Waals surface area contributed by atoms with Crippen LogP contribution in [0.1, 0.15) is 18.5 Å². The predicted octanol–water partition coefficient (Wildman–Crippen LogP) is 2.45. The molecule has 1 aromatic carbocycles. The van der Waals surface area contributed by atoms with Crippen LogP contribution in [-0.4, -0.2) is 17.5 Å². The molecule has 0 spiro atoms. The summed E-state index contributed by atoms with van der Waals surface area (Å²) in [6.45, 7) is 3.43. The molecule has 0 amide bonds. The summed E-state index contributed by atoms with van der Waals surface area (Å²) in [5.41, 5.74) is 1.42. The number of nitrogens with one attached hydrogen (secondary N) is 1. The largest absolute Gasteiger partial charge is 0.308 e. The summed E-state index contributed by atoms with van der Waals surface area (Å²) in [5, 5.41) is 4.26. The van der Waals surface area contributed by atoms with Gasteiger partial charge in [0, 0.05) is 23.6 Å². The zero-order chi connectivity index (χ0) is 9.10. The van der Waals surface area contributed by atoms with Gasteiger partial charge < -0.3 is 5.32 Å². The van der Waals surface area contributed by atoms with Crippen LogP contribution in [0.5, 0.6) is 0 Å². The fraction of sp³-hybridized carbons (Fsp3) is 0.455. The van der Waals surface area contributed by atoms with E-state index in [1.54, 1.807) is 0 Å². The molecular formula is C11H15NS. The van der Waals surface area contributed by atoms with E-state index >= 15 is 0 Å². The van der Waals surface area contributed by atoms with Crippen molar-refractivity contribution in [1.29, 1.82) is 0 Å². The van der Waals surface area contributed by atoms with Gasteiger partial charge in [-0.2, -0.15) is 11.8 Å². The average Bonchev–Trinajstić information content (AvgIpc) is 2.20. The number of thioether (sulfide) groups is 1. The normalized spacial score (nSPS) is 28.7. The third-order valence-corrected chi connectivity index (χ3v) is 3.71. The smallest absolute Gasteiger partial charge is 0.0438 e. The standard InChI is InChI=1S/C11H15NS/c1-9-11(12-7-8-13-9)10-5-3-2-4-6-10/h2-6,9,11-12H,7-8H2,1H3/t9-,11+/m0/s1. The summed E-state index contributed by atoms with van der Waals surface area (Å²) in [4.78, 5) is 0. The van der Waals surface area contributed by atoms with Gasteiger partial charge in [-0.15, -0.1) is 0 Å². The Morgan fingerprint density at radius 1 is 1.31 bits per heavy atom. The molecule has 1 aromatic rings. The van der Waals surface area contributed by atoms with E-state index in [1.807, 2.05) is 0 Å². The van der Waals surface area contributed by atoms with E-state index in [0.717, 1.165) is 6.54 Å². The van der Waals surface area contributed by atoms with E-state index in [0.29, 0.717) is 11.3 Å². The Hall–Kier alpha value is -0.470. The molecule has 1 nitrogen and oxygen atoms in total. The summed E-state index contributed by atoms with van der Waals surface area (Å²) in [7, 11) is 0. The first kappa shape index (κ1) is 9.10. The SMILES string of the molecule is C[C@@H]1SCCN[C@H]1c1ccccc1. The first-order chi connectivity index (χ1) is 6.38. The van der Waals surface area contributed by atoms with Crippen molar-refractivity contribution in [3.05, 3.63) is 35.9 Å². The van der Waals surface area contributed by atoms with Crippen LogP contribution in [0, 0.1) is 0 Å². The van der Waals surface area contributed by atoms with Crippen LogP contribution in [0.15, 0.2) is 30.3 Å². The Morgan fingerprint density at radius 3 is 2.77 bits per heavy atom. The number of hydrogen-bond acceptors (Lipinski definition) is 2. The maximum Gasteiger partial charge on any atom is 0.0438 e. The van der Waals surface area contributed by atoms with Gasteiger partial charge in [0.05, 0.1) is 0 Å². The van der Waals surface area contributed by atoms with Crippen molar-refractivity contribution in [3.63, 3.8) is 0 Å². The molecule has 13 heavy (non-hydrogen) atoms. The molecule has 0 saturated carbocycles. The van der Waals surface area contributed by atoms with Gasteiger partial charge >= 0.3 is 0 Å². The van der Waals surface area contributed by atoms with Gasteiger partial charge in [-0.25, -0.2) is 0 Å². The second-order valence-corrected chi connectivity index (χ2v) is 4.90. The lowest BCUT2D eigenvalue weighted by atomic mass is 10.0. The Labute approximate surface area is 83.9 Å². The molecule has 0 bridgehead atoms. The van der Waals surface area contributed by atoms with Crippen molar-refractivity contribution < 1.29 is 0 Å². The average molecular weight is 193 g/mol.